The first-order chi connectivity index (χ1) is 12.9. The highest BCUT2D eigenvalue weighted by Gasteiger charge is 2.26. The Morgan fingerprint density at radius 1 is 0.889 bits per heavy atom. The maximum atomic E-state index is 6.86. The largest absolute Gasteiger partial charge is 0.324 e. The van der Waals surface area contributed by atoms with Crippen molar-refractivity contribution in [2.75, 3.05) is 13.1 Å². The number of hydrogen-bond donors (Lipinski definition) is 2. The van der Waals surface area contributed by atoms with Crippen LogP contribution in [0.3, 0.4) is 0 Å². The van der Waals surface area contributed by atoms with Gasteiger partial charge in [0.2, 0.25) is 0 Å². The zero-order valence-electron chi connectivity index (χ0n) is 17.7. The molecule has 0 amide bonds. The van der Waals surface area contributed by atoms with Gasteiger partial charge in [-0.2, -0.15) is 0 Å². The molecule has 2 aromatic rings. The lowest BCUT2D eigenvalue weighted by Gasteiger charge is -2.32. The first kappa shape index (κ1) is 21.7. The van der Waals surface area contributed by atoms with Gasteiger partial charge in [0.25, 0.3) is 0 Å². The maximum Gasteiger partial charge on any atom is 0.0324 e. The topological polar surface area (TPSA) is 38.0 Å². The minimum Gasteiger partial charge on any atom is -0.324 e. The van der Waals surface area contributed by atoms with Crippen molar-refractivity contribution < 1.29 is 0 Å². The molecule has 0 fully saturated rings. The van der Waals surface area contributed by atoms with Crippen molar-refractivity contribution in [2.24, 2.45) is 11.7 Å². The van der Waals surface area contributed by atoms with Crippen molar-refractivity contribution in [3.63, 3.8) is 0 Å². The summed E-state index contributed by atoms with van der Waals surface area (Å²) in [5.41, 5.74) is 10.8. The summed E-state index contributed by atoms with van der Waals surface area (Å²) in [5.74, 6) is 1.17. The molecule has 0 saturated heterocycles. The number of benzene rings is 2. The number of rotatable bonds is 11. The van der Waals surface area contributed by atoms with Crippen molar-refractivity contribution in [2.45, 2.75) is 64.8 Å². The van der Waals surface area contributed by atoms with Crippen molar-refractivity contribution in [3.05, 3.63) is 71.3 Å². The maximum absolute atomic E-state index is 6.86. The Morgan fingerprint density at radius 3 is 2.15 bits per heavy atom. The highest BCUT2D eigenvalue weighted by molar-refractivity contribution is 5.26. The molecule has 1 unspecified atom stereocenters. The normalized spacial score (nSPS) is 13.9. The smallest absolute Gasteiger partial charge is 0.0324 e. The molecule has 0 aliphatic rings. The van der Waals surface area contributed by atoms with Gasteiger partial charge in [0, 0.05) is 12.1 Å². The van der Waals surface area contributed by atoms with E-state index in [0.717, 1.165) is 38.8 Å². The van der Waals surface area contributed by atoms with Gasteiger partial charge in [-0.05, 0) is 60.8 Å². The van der Waals surface area contributed by atoms with Crippen LogP contribution in [-0.2, 0) is 12.8 Å². The molecule has 0 aliphatic carbocycles. The zero-order chi connectivity index (χ0) is 19.7. The van der Waals surface area contributed by atoms with E-state index in [0.29, 0.717) is 11.8 Å². The van der Waals surface area contributed by atoms with Gasteiger partial charge in [-0.25, -0.2) is 0 Å². The molecule has 148 valence electrons. The van der Waals surface area contributed by atoms with Gasteiger partial charge in [-0.3, -0.25) is 0 Å². The Labute approximate surface area is 166 Å². The average Bonchev–Trinajstić information content (AvgIpc) is 2.62. The molecule has 0 saturated carbocycles. The van der Waals surface area contributed by atoms with Crippen LogP contribution in [0.15, 0.2) is 54.6 Å². The van der Waals surface area contributed by atoms with Crippen LogP contribution in [0.4, 0.5) is 0 Å². The van der Waals surface area contributed by atoms with Crippen LogP contribution in [0.1, 0.15) is 63.1 Å². The first-order valence-corrected chi connectivity index (χ1v) is 10.5. The van der Waals surface area contributed by atoms with E-state index in [1.165, 1.54) is 16.7 Å². The first-order valence-electron chi connectivity index (χ1n) is 10.5. The fourth-order valence-corrected chi connectivity index (χ4v) is 3.85. The summed E-state index contributed by atoms with van der Waals surface area (Å²) in [6, 6.07) is 19.7. The Balaban J connectivity index is 1.86. The molecule has 2 heteroatoms. The van der Waals surface area contributed by atoms with Gasteiger partial charge in [0.1, 0.15) is 0 Å². The van der Waals surface area contributed by atoms with Gasteiger partial charge in [-0.15, -0.1) is 0 Å². The summed E-state index contributed by atoms with van der Waals surface area (Å²) < 4.78 is 0. The van der Waals surface area contributed by atoms with Gasteiger partial charge in [0.15, 0.2) is 0 Å². The fraction of sp³-hybridized carbons (Fsp3) is 0.520. The molecular weight excluding hydrogens is 328 g/mol. The molecule has 0 aromatic heterocycles. The summed E-state index contributed by atoms with van der Waals surface area (Å²) in [6.45, 7) is 10.9. The molecule has 0 heterocycles. The predicted octanol–water partition coefficient (Wildman–Crippen LogP) is 5.32. The van der Waals surface area contributed by atoms with E-state index < -0.39 is 0 Å². The summed E-state index contributed by atoms with van der Waals surface area (Å²) in [7, 11) is 0. The summed E-state index contributed by atoms with van der Waals surface area (Å²) in [4.78, 5) is 0. The number of hydrogen-bond acceptors (Lipinski definition) is 2. The van der Waals surface area contributed by atoms with Gasteiger partial charge >= 0.3 is 0 Å². The molecule has 2 nitrogen and oxygen atoms in total. The van der Waals surface area contributed by atoms with E-state index in [2.05, 4.69) is 87.6 Å². The highest BCUT2D eigenvalue weighted by atomic mass is 14.9. The third-order valence-electron chi connectivity index (χ3n) is 5.16. The second-order valence-corrected chi connectivity index (χ2v) is 8.80. The van der Waals surface area contributed by atoms with Crippen molar-refractivity contribution in [1.82, 2.24) is 5.32 Å². The standard InChI is InChI=1S/C25H38N2/c1-20(2)17-25(26,18-23-12-14-24(15-13-23)21(3)4)19-27-16-8-11-22-9-6-5-7-10-22/h5-7,9-10,12-15,20-21,27H,8,11,16-19,26H2,1-4H3. The van der Waals surface area contributed by atoms with Crippen LogP contribution in [0, 0.1) is 5.92 Å². The molecule has 2 aromatic carbocycles. The summed E-state index contributed by atoms with van der Waals surface area (Å²) in [6.07, 6.45) is 4.22. The minimum atomic E-state index is -0.194. The van der Waals surface area contributed by atoms with Gasteiger partial charge in [-0.1, -0.05) is 82.3 Å². The fourth-order valence-electron chi connectivity index (χ4n) is 3.85. The predicted molar refractivity (Wildman–Crippen MR) is 118 cm³/mol. The third kappa shape index (κ3) is 7.86. The molecule has 2 rings (SSSR count). The van der Waals surface area contributed by atoms with Crippen molar-refractivity contribution in [1.29, 1.82) is 0 Å². The molecule has 1 atom stereocenters. The van der Waals surface area contributed by atoms with Crippen LogP contribution in [0.25, 0.3) is 0 Å². The van der Waals surface area contributed by atoms with E-state index in [-0.39, 0.29) is 5.54 Å². The monoisotopic (exact) mass is 366 g/mol. The van der Waals surface area contributed by atoms with E-state index in [1.807, 2.05) is 0 Å². The summed E-state index contributed by atoms with van der Waals surface area (Å²) >= 11 is 0. The SMILES string of the molecule is CC(C)CC(N)(CNCCCc1ccccc1)Cc1ccc(C(C)C)cc1. The lowest BCUT2D eigenvalue weighted by Crippen LogP contribution is -2.51. The Hall–Kier alpha value is -1.64. The second-order valence-electron chi connectivity index (χ2n) is 8.80. The molecule has 27 heavy (non-hydrogen) atoms. The van der Waals surface area contributed by atoms with E-state index >= 15 is 0 Å². The second kappa shape index (κ2) is 10.6. The minimum absolute atomic E-state index is 0.194. The van der Waals surface area contributed by atoms with Crippen LogP contribution in [0.5, 0.6) is 0 Å². The third-order valence-corrected chi connectivity index (χ3v) is 5.16. The number of aryl methyl sites for hydroxylation is 1. The molecule has 0 radical (unpaired) electrons. The van der Waals surface area contributed by atoms with Gasteiger partial charge < -0.3 is 11.1 Å². The van der Waals surface area contributed by atoms with Crippen molar-refractivity contribution >= 4 is 0 Å². The number of nitrogens with one attached hydrogen (secondary N) is 1. The Morgan fingerprint density at radius 2 is 1.56 bits per heavy atom. The Bertz CT molecular complexity index is 646. The summed E-state index contributed by atoms with van der Waals surface area (Å²) in [5, 5.41) is 3.63. The van der Waals surface area contributed by atoms with Crippen LogP contribution in [0.2, 0.25) is 0 Å². The number of nitrogens with two attached hydrogens (primary N) is 1. The van der Waals surface area contributed by atoms with E-state index in [1.54, 1.807) is 0 Å². The molecular formula is C25H38N2. The zero-order valence-corrected chi connectivity index (χ0v) is 17.7. The highest BCUT2D eigenvalue weighted by Crippen LogP contribution is 2.21. The molecule has 0 bridgehead atoms. The lowest BCUT2D eigenvalue weighted by molar-refractivity contribution is 0.321. The lowest BCUT2D eigenvalue weighted by atomic mass is 9.83. The van der Waals surface area contributed by atoms with Crippen molar-refractivity contribution in [3.8, 4) is 0 Å². The van der Waals surface area contributed by atoms with Crippen LogP contribution in [-0.4, -0.2) is 18.6 Å². The van der Waals surface area contributed by atoms with Gasteiger partial charge in [0.05, 0.1) is 0 Å². The van der Waals surface area contributed by atoms with Crippen LogP contribution >= 0.6 is 0 Å². The van der Waals surface area contributed by atoms with E-state index in [4.69, 9.17) is 5.73 Å². The molecule has 0 spiro atoms. The quantitative estimate of drug-likeness (QED) is 0.528. The van der Waals surface area contributed by atoms with E-state index in [9.17, 15) is 0 Å². The molecule has 3 N–H and O–H groups in total. The van der Waals surface area contributed by atoms with Crippen LogP contribution < -0.4 is 11.1 Å². The Kier molecular flexibility index (Phi) is 8.53. The molecule has 0 aliphatic heterocycles. The average molecular weight is 367 g/mol.